The van der Waals surface area contributed by atoms with Gasteiger partial charge in [0, 0.05) is 0 Å². The molecule has 90 valence electrons. The van der Waals surface area contributed by atoms with Crippen molar-refractivity contribution in [2.24, 2.45) is 11.7 Å². The summed E-state index contributed by atoms with van der Waals surface area (Å²) in [6.07, 6.45) is -0.212. The molecule has 4 heteroatoms. The van der Waals surface area contributed by atoms with Gasteiger partial charge < -0.3 is 15.2 Å². The van der Waals surface area contributed by atoms with Crippen molar-refractivity contribution >= 4 is 5.91 Å². The van der Waals surface area contributed by atoms with Crippen molar-refractivity contribution in [3.63, 3.8) is 0 Å². The summed E-state index contributed by atoms with van der Waals surface area (Å²) in [7, 11) is 0. The maximum atomic E-state index is 11.5. The van der Waals surface area contributed by atoms with Gasteiger partial charge >= 0.3 is 0 Å². The number of carbonyl (C=O) groups excluding carboxylic acids is 1. The summed E-state index contributed by atoms with van der Waals surface area (Å²) in [5.41, 5.74) is 6.92. The maximum absolute atomic E-state index is 11.5. The lowest BCUT2D eigenvalue weighted by atomic mass is 10.0. The van der Waals surface area contributed by atoms with Crippen molar-refractivity contribution in [3.05, 3.63) is 35.4 Å². The first-order valence-corrected chi connectivity index (χ1v) is 5.78. The molecule has 0 spiro atoms. The molecule has 17 heavy (non-hydrogen) atoms. The van der Waals surface area contributed by atoms with Gasteiger partial charge in [0.05, 0.1) is 13.2 Å². The summed E-state index contributed by atoms with van der Waals surface area (Å²) >= 11 is 0. The third kappa shape index (κ3) is 1.41. The van der Waals surface area contributed by atoms with Crippen molar-refractivity contribution in [1.82, 2.24) is 0 Å². The number of carbonyl (C=O) groups is 1. The number of rotatable bonds is 2. The Morgan fingerprint density at radius 2 is 2.29 bits per heavy atom. The standard InChI is InChI=1S/C13H15NO3/c1-8-3-2-4-9(7-8)13-10(12(14)15)11(13)16-5-6-17-13/h2-4,7,10-11H,5-6H2,1H3,(H2,14,15). The number of amides is 1. The molecule has 2 N–H and O–H groups in total. The predicted octanol–water partition coefficient (Wildman–Crippen LogP) is 0.721. The third-order valence-corrected chi connectivity index (χ3v) is 3.58. The Labute approximate surface area is 99.7 Å². The second kappa shape index (κ2) is 3.55. The van der Waals surface area contributed by atoms with Crippen LogP contribution in [0, 0.1) is 12.8 Å². The van der Waals surface area contributed by atoms with Crippen LogP contribution in [0.1, 0.15) is 11.1 Å². The third-order valence-electron chi connectivity index (χ3n) is 3.58. The number of hydrogen-bond donors (Lipinski definition) is 1. The molecular formula is C13H15NO3. The number of aryl methyl sites for hydroxylation is 1. The maximum Gasteiger partial charge on any atom is 0.226 e. The van der Waals surface area contributed by atoms with Gasteiger partial charge in [0.15, 0.2) is 0 Å². The first-order valence-electron chi connectivity index (χ1n) is 5.78. The lowest BCUT2D eigenvalue weighted by Gasteiger charge is -2.23. The average Bonchev–Trinajstić information content (AvgIpc) is 2.99. The van der Waals surface area contributed by atoms with E-state index in [-0.39, 0.29) is 17.9 Å². The largest absolute Gasteiger partial charge is 0.371 e. The Morgan fingerprint density at radius 1 is 1.47 bits per heavy atom. The SMILES string of the molecule is Cc1cccc(C23OCCOC2C3C(N)=O)c1. The molecule has 4 nitrogen and oxygen atoms in total. The van der Waals surface area contributed by atoms with Gasteiger partial charge in [0.1, 0.15) is 17.6 Å². The van der Waals surface area contributed by atoms with Crippen LogP contribution in [0.2, 0.25) is 0 Å². The van der Waals surface area contributed by atoms with Gasteiger partial charge in [-0.3, -0.25) is 4.79 Å². The van der Waals surface area contributed by atoms with E-state index in [0.29, 0.717) is 13.2 Å². The molecule has 2 fully saturated rings. The summed E-state index contributed by atoms with van der Waals surface area (Å²) in [5.74, 6) is -0.704. The van der Waals surface area contributed by atoms with Gasteiger partial charge in [-0.25, -0.2) is 0 Å². The molecular weight excluding hydrogens is 218 g/mol. The zero-order chi connectivity index (χ0) is 12.0. The Kier molecular flexibility index (Phi) is 2.24. The highest BCUT2D eigenvalue weighted by atomic mass is 16.6. The second-order valence-corrected chi connectivity index (χ2v) is 4.68. The Hall–Kier alpha value is -1.39. The van der Waals surface area contributed by atoms with Gasteiger partial charge in [-0.1, -0.05) is 29.8 Å². The van der Waals surface area contributed by atoms with Crippen LogP contribution in [-0.2, 0) is 19.9 Å². The topological polar surface area (TPSA) is 61.6 Å². The van der Waals surface area contributed by atoms with Crippen molar-refractivity contribution in [1.29, 1.82) is 0 Å². The fourth-order valence-corrected chi connectivity index (χ4v) is 2.79. The lowest BCUT2D eigenvalue weighted by molar-refractivity contribution is -0.122. The molecule has 0 radical (unpaired) electrons. The Morgan fingerprint density at radius 3 is 3.00 bits per heavy atom. The van der Waals surface area contributed by atoms with E-state index in [4.69, 9.17) is 15.2 Å². The van der Waals surface area contributed by atoms with Crippen molar-refractivity contribution < 1.29 is 14.3 Å². The fourth-order valence-electron chi connectivity index (χ4n) is 2.79. The van der Waals surface area contributed by atoms with Gasteiger partial charge in [-0.15, -0.1) is 0 Å². The number of primary amides is 1. The molecule has 1 heterocycles. The molecule has 0 bridgehead atoms. The van der Waals surface area contributed by atoms with E-state index in [1.165, 1.54) is 0 Å². The van der Waals surface area contributed by atoms with E-state index in [2.05, 4.69) is 0 Å². The first-order chi connectivity index (χ1) is 8.16. The molecule has 2 aliphatic rings. The second-order valence-electron chi connectivity index (χ2n) is 4.68. The molecule has 3 unspecified atom stereocenters. The van der Waals surface area contributed by atoms with Crippen LogP contribution in [0.5, 0.6) is 0 Å². The molecule has 1 amide bonds. The van der Waals surface area contributed by atoms with Crippen LogP contribution >= 0.6 is 0 Å². The van der Waals surface area contributed by atoms with Crippen LogP contribution in [0.4, 0.5) is 0 Å². The molecule has 1 saturated carbocycles. The highest BCUT2D eigenvalue weighted by Gasteiger charge is 2.72. The minimum absolute atomic E-state index is 0.212. The molecule has 1 saturated heterocycles. The minimum atomic E-state index is -0.629. The number of hydrogen-bond acceptors (Lipinski definition) is 3. The van der Waals surface area contributed by atoms with E-state index in [1.54, 1.807) is 0 Å². The Bertz CT molecular complexity index is 473. The van der Waals surface area contributed by atoms with Crippen LogP contribution in [-0.4, -0.2) is 25.2 Å². The van der Waals surface area contributed by atoms with Crippen LogP contribution in [0.15, 0.2) is 24.3 Å². The van der Waals surface area contributed by atoms with Crippen LogP contribution < -0.4 is 5.73 Å². The monoisotopic (exact) mass is 233 g/mol. The lowest BCUT2D eigenvalue weighted by Crippen LogP contribution is -2.28. The molecule has 1 aromatic carbocycles. The van der Waals surface area contributed by atoms with E-state index in [0.717, 1.165) is 11.1 Å². The summed E-state index contributed by atoms with van der Waals surface area (Å²) in [4.78, 5) is 11.5. The highest BCUT2D eigenvalue weighted by Crippen LogP contribution is 2.58. The summed E-state index contributed by atoms with van der Waals surface area (Å²) in [5, 5.41) is 0. The molecule has 0 aromatic heterocycles. The average molecular weight is 233 g/mol. The van der Waals surface area contributed by atoms with Gasteiger partial charge in [-0.05, 0) is 12.5 Å². The highest BCUT2D eigenvalue weighted by molar-refractivity contribution is 5.84. The predicted molar refractivity (Wildman–Crippen MR) is 61.2 cm³/mol. The molecule has 1 aliphatic carbocycles. The number of benzene rings is 1. The van der Waals surface area contributed by atoms with E-state index < -0.39 is 5.60 Å². The minimum Gasteiger partial charge on any atom is -0.371 e. The van der Waals surface area contributed by atoms with E-state index >= 15 is 0 Å². The molecule has 1 aliphatic heterocycles. The Balaban J connectivity index is 2.02. The van der Waals surface area contributed by atoms with Gasteiger partial charge in [0.25, 0.3) is 0 Å². The number of nitrogens with two attached hydrogens (primary N) is 1. The number of ether oxygens (including phenoxy) is 2. The molecule has 3 rings (SSSR count). The molecule has 3 atom stereocenters. The molecule has 1 aromatic rings. The van der Waals surface area contributed by atoms with Crippen molar-refractivity contribution in [2.75, 3.05) is 13.2 Å². The zero-order valence-corrected chi connectivity index (χ0v) is 9.68. The summed E-state index contributed by atoms with van der Waals surface area (Å²) in [6.45, 7) is 3.05. The van der Waals surface area contributed by atoms with E-state index in [9.17, 15) is 4.79 Å². The van der Waals surface area contributed by atoms with Gasteiger partial charge in [-0.2, -0.15) is 0 Å². The van der Waals surface area contributed by atoms with Gasteiger partial charge in [0.2, 0.25) is 5.91 Å². The van der Waals surface area contributed by atoms with Crippen molar-refractivity contribution in [2.45, 2.75) is 18.6 Å². The van der Waals surface area contributed by atoms with Crippen molar-refractivity contribution in [3.8, 4) is 0 Å². The van der Waals surface area contributed by atoms with Crippen LogP contribution in [0.3, 0.4) is 0 Å². The van der Waals surface area contributed by atoms with Crippen LogP contribution in [0.25, 0.3) is 0 Å². The normalized spacial score (nSPS) is 35.1. The first kappa shape index (κ1) is 10.7. The number of fused-ring (bicyclic) bond motifs is 1. The smallest absolute Gasteiger partial charge is 0.226 e. The summed E-state index contributed by atoms with van der Waals surface area (Å²) < 4.78 is 11.4. The van der Waals surface area contributed by atoms with E-state index in [1.807, 2.05) is 31.2 Å². The zero-order valence-electron chi connectivity index (χ0n) is 9.68. The fraction of sp³-hybridized carbons (Fsp3) is 0.462. The quantitative estimate of drug-likeness (QED) is 0.818. The summed E-state index contributed by atoms with van der Waals surface area (Å²) in [6, 6.07) is 7.98.